The van der Waals surface area contributed by atoms with Crippen molar-refractivity contribution >= 4 is 27.4 Å². The number of anilines is 3. The van der Waals surface area contributed by atoms with Gasteiger partial charge < -0.3 is 10.5 Å². The van der Waals surface area contributed by atoms with Crippen LogP contribution in [0.25, 0.3) is 0 Å². The highest BCUT2D eigenvalue weighted by Crippen LogP contribution is 2.33. The summed E-state index contributed by atoms with van der Waals surface area (Å²) in [6.07, 6.45) is 0. The Hall–Kier alpha value is -2.25. The predicted octanol–water partition coefficient (Wildman–Crippen LogP) is 2.61. The minimum absolute atomic E-state index is 0.184. The number of hydrogen-bond donors (Lipinski definition) is 2. The molecule has 112 valence electrons. The van der Waals surface area contributed by atoms with Crippen LogP contribution in [0.1, 0.15) is 6.92 Å². The zero-order chi connectivity index (χ0) is 15.5. The monoisotopic (exact) mass is 308 g/mol. The van der Waals surface area contributed by atoms with Crippen LogP contribution in [-0.2, 0) is 10.3 Å². The van der Waals surface area contributed by atoms with E-state index in [4.69, 9.17) is 10.5 Å². The van der Waals surface area contributed by atoms with Gasteiger partial charge in [-0.25, -0.2) is 4.31 Å². The zero-order valence-electron chi connectivity index (χ0n) is 11.4. The van der Waals surface area contributed by atoms with Crippen LogP contribution in [-0.4, -0.2) is 19.6 Å². The first-order valence-electron chi connectivity index (χ1n) is 6.28. The molecule has 0 fully saturated rings. The van der Waals surface area contributed by atoms with Crippen LogP contribution in [0.5, 0.6) is 5.75 Å². The Bertz CT molecular complexity index is 714. The Balaban J connectivity index is 2.50. The summed E-state index contributed by atoms with van der Waals surface area (Å²) < 4.78 is 38.9. The van der Waals surface area contributed by atoms with Crippen molar-refractivity contribution < 1.29 is 17.7 Å². The largest absolute Gasteiger partial charge is 0.494 e. The summed E-state index contributed by atoms with van der Waals surface area (Å²) in [6, 6.07) is 12.7. The maximum Gasteiger partial charge on any atom is 0.364 e. The Morgan fingerprint density at radius 2 is 1.76 bits per heavy atom. The number of para-hydroxylation sites is 2. The van der Waals surface area contributed by atoms with Crippen molar-refractivity contribution in [2.45, 2.75) is 6.92 Å². The minimum atomic E-state index is -4.51. The molecular weight excluding hydrogens is 292 g/mol. The van der Waals surface area contributed by atoms with Crippen LogP contribution >= 0.6 is 0 Å². The highest BCUT2D eigenvalue weighted by Gasteiger charge is 2.23. The topological polar surface area (TPSA) is 92.9 Å². The van der Waals surface area contributed by atoms with E-state index in [1.807, 2.05) is 6.92 Å². The fourth-order valence-electron chi connectivity index (χ4n) is 1.91. The SMILES string of the molecule is CCOc1ccc(N(c2ccccc2N)S(=O)(=O)O)cc1. The molecule has 0 aliphatic heterocycles. The van der Waals surface area contributed by atoms with Gasteiger partial charge in [-0.15, -0.1) is 0 Å². The molecule has 0 saturated heterocycles. The molecule has 0 aliphatic rings. The van der Waals surface area contributed by atoms with Gasteiger partial charge in [-0.05, 0) is 43.3 Å². The van der Waals surface area contributed by atoms with Crippen LogP contribution in [0.15, 0.2) is 48.5 Å². The summed E-state index contributed by atoms with van der Waals surface area (Å²) in [5.41, 5.74) is 6.48. The average Bonchev–Trinajstić information content (AvgIpc) is 2.42. The average molecular weight is 308 g/mol. The lowest BCUT2D eigenvalue weighted by Crippen LogP contribution is -2.25. The molecular formula is C14H16N2O4S. The first kappa shape index (κ1) is 15.1. The van der Waals surface area contributed by atoms with Gasteiger partial charge in [0.2, 0.25) is 0 Å². The molecule has 0 radical (unpaired) electrons. The molecule has 0 atom stereocenters. The van der Waals surface area contributed by atoms with Crippen LogP contribution < -0.4 is 14.8 Å². The third-order valence-electron chi connectivity index (χ3n) is 2.77. The summed E-state index contributed by atoms with van der Waals surface area (Å²) in [4.78, 5) is 0. The molecule has 3 N–H and O–H groups in total. The molecule has 2 aromatic rings. The van der Waals surface area contributed by atoms with Gasteiger partial charge >= 0.3 is 10.3 Å². The molecule has 0 spiro atoms. The summed E-state index contributed by atoms with van der Waals surface area (Å²) >= 11 is 0. The Morgan fingerprint density at radius 1 is 1.14 bits per heavy atom. The highest BCUT2D eigenvalue weighted by atomic mass is 32.2. The zero-order valence-corrected chi connectivity index (χ0v) is 12.2. The van der Waals surface area contributed by atoms with Crippen LogP contribution in [0, 0.1) is 0 Å². The van der Waals surface area contributed by atoms with Gasteiger partial charge in [0.05, 0.1) is 23.7 Å². The van der Waals surface area contributed by atoms with Gasteiger partial charge in [-0.3, -0.25) is 4.55 Å². The third kappa shape index (κ3) is 3.45. The number of rotatable bonds is 5. The first-order valence-corrected chi connectivity index (χ1v) is 7.68. The molecule has 2 rings (SSSR count). The molecule has 0 aliphatic carbocycles. The third-order valence-corrected chi connectivity index (χ3v) is 3.64. The lowest BCUT2D eigenvalue weighted by atomic mass is 10.2. The number of benzene rings is 2. The van der Waals surface area contributed by atoms with E-state index in [0.717, 1.165) is 4.31 Å². The first-order chi connectivity index (χ1) is 9.93. The highest BCUT2D eigenvalue weighted by molar-refractivity contribution is 7.87. The van der Waals surface area contributed by atoms with E-state index >= 15 is 0 Å². The minimum Gasteiger partial charge on any atom is -0.494 e. The second-order valence-electron chi connectivity index (χ2n) is 4.23. The van der Waals surface area contributed by atoms with Crippen molar-refractivity contribution in [1.82, 2.24) is 0 Å². The van der Waals surface area contributed by atoms with E-state index in [-0.39, 0.29) is 17.1 Å². The number of nitrogens with two attached hydrogens (primary N) is 1. The van der Waals surface area contributed by atoms with Crippen molar-refractivity contribution in [3.8, 4) is 5.75 Å². The van der Waals surface area contributed by atoms with Crippen molar-refractivity contribution in [3.05, 3.63) is 48.5 Å². The fraction of sp³-hybridized carbons (Fsp3) is 0.143. The fourth-order valence-corrected chi connectivity index (χ4v) is 2.72. The van der Waals surface area contributed by atoms with Gasteiger partial charge in [-0.2, -0.15) is 8.42 Å². The van der Waals surface area contributed by atoms with Crippen molar-refractivity contribution in [3.63, 3.8) is 0 Å². The molecule has 2 aromatic carbocycles. The maximum absolute atomic E-state index is 11.7. The Kier molecular flexibility index (Phi) is 4.35. The lowest BCUT2D eigenvalue weighted by Gasteiger charge is -2.22. The lowest BCUT2D eigenvalue weighted by molar-refractivity contribution is 0.340. The van der Waals surface area contributed by atoms with Gasteiger partial charge in [0.25, 0.3) is 0 Å². The molecule has 6 nitrogen and oxygen atoms in total. The van der Waals surface area contributed by atoms with Crippen LogP contribution in [0.3, 0.4) is 0 Å². The number of hydrogen-bond acceptors (Lipinski definition) is 4. The molecule has 7 heteroatoms. The van der Waals surface area contributed by atoms with Crippen molar-refractivity contribution in [1.29, 1.82) is 0 Å². The molecule has 0 bridgehead atoms. The molecule has 0 aromatic heterocycles. The normalized spacial score (nSPS) is 11.1. The second-order valence-corrected chi connectivity index (χ2v) is 5.49. The molecule has 0 amide bonds. The van der Waals surface area contributed by atoms with Crippen molar-refractivity contribution in [2.75, 3.05) is 16.6 Å². The summed E-state index contributed by atoms with van der Waals surface area (Å²) in [6.45, 7) is 2.36. The quantitative estimate of drug-likeness (QED) is 0.654. The Morgan fingerprint density at radius 3 is 2.29 bits per heavy atom. The predicted molar refractivity (Wildman–Crippen MR) is 82.2 cm³/mol. The van der Waals surface area contributed by atoms with Crippen molar-refractivity contribution in [2.24, 2.45) is 0 Å². The van der Waals surface area contributed by atoms with Crippen LogP contribution in [0.4, 0.5) is 17.1 Å². The van der Waals surface area contributed by atoms with E-state index in [1.54, 1.807) is 30.3 Å². The smallest absolute Gasteiger partial charge is 0.364 e. The summed E-state index contributed by atoms with van der Waals surface area (Å²) in [5.74, 6) is 0.609. The molecule has 0 saturated carbocycles. The number of ether oxygens (including phenoxy) is 1. The number of nitrogen functional groups attached to an aromatic ring is 1. The molecule has 21 heavy (non-hydrogen) atoms. The second kappa shape index (κ2) is 6.02. The Labute approximate surface area is 123 Å². The molecule has 0 unspecified atom stereocenters. The van der Waals surface area contributed by atoms with Gasteiger partial charge in [0.15, 0.2) is 0 Å². The van der Waals surface area contributed by atoms with E-state index in [0.29, 0.717) is 12.4 Å². The van der Waals surface area contributed by atoms with Gasteiger partial charge in [-0.1, -0.05) is 12.1 Å². The molecule has 0 heterocycles. The maximum atomic E-state index is 11.7. The van der Waals surface area contributed by atoms with E-state index in [9.17, 15) is 13.0 Å². The van der Waals surface area contributed by atoms with Crippen LogP contribution in [0.2, 0.25) is 0 Å². The van der Waals surface area contributed by atoms with Gasteiger partial charge in [0, 0.05) is 0 Å². The summed E-state index contributed by atoms with van der Waals surface area (Å²) in [7, 11) is -4.51. The van der Waals surface area contributed by atoms with Gasteiger partial charge in [0.1, 0.15) is 5.75 Å². The van der Waals surface area contributed by atoms with E-state index < -0.39 is 10.3 Å². The van der Waals surface area contributed by atoms with E-state index in [1.165, 1.54) is 18.2 Å². The number of nitrogens with zero attached hydrogens (tertiary/aromatic N) is 1. The standard InChI is InChI=1S/C14H16N2O4S/c1-2-20-12-9-7-11(8-10-12)16(21(17,18)19)14-6-4-3-5-13(14)15/h3-10H,2,15H2,1H3,(H,17,18,19). The summed E-state index contributed by atoms with van der Waals surface area (Å²) in [5, 5.41) is 0. The van der Waals surface area contributed by atoms with E-state index in [2.05, 4.69) is 0 Å².